The SMILES string of the molecule is CC(C)(O)CCOC(C)(C)CC(N)=O.CCC(C)(C)C(=O)Nc1ccc(C(C)C)cc1. The monoisotopic (exact) mass is 436 g/mol. The zero-order valence-electron chi connectivity index (χ0n) is 21.0. The highest BCUT2D eigenvalue weighted by Gasteiger charge is 2.25. The molecule has 4 N–H and O–H groups in total. The number of nitrogens with two attached hydrogens (primary N) is 1. The van der Waals surface area contributed by atoms with E-state index in [1.807, 2.05) is 46.8 Å². The molecule has 0 aromatic heterocycles. The normalized spacial score (nSPS) is 12.2. The zero-order chi connectivity index (χ0) is 24.5. The molecule has 178 valence electrons. The molecular weight excluding hydrogens is 392 g/mol. The van der Waals surface area contributed by atoms with Crippen LogP contribution >= 0.6 is 0 Å². The molecule has 0 saturated carbocycles. The van der Waals surface area contributed by atoms with Crippen LogP contribution in [0, 0.1) is 5.41 Å². The van der Waals surface area contributed by atoms with Crippen LogP contribution in [-0.2, 0) is 14.3 Å². The molecule has 6 nitrogen and oxygen atoms in total. The fourth-order valence-corrected chi connectivity index (χ4v) is 2.46. The maximum Gasteiger partial charge on any atom is 0.230 e. The van der Waals surface area contributed by atoms with Crippen LogP contribution in [-0.4, -0.2) is 34.7 Å². The lowest BCUT2D eigenvalue weighted by Crippen LogP contribution is -2.33. The van der Waals surface area contributed by atoms with Crippen molar-refractivity contribution in [2.45, 2.75) is 98.7 Å². The lowest BCUT2D eigenvalue weighted by molar-refractivity contribution is -0.125. The van der Waals surface area contributed by atoms with E-state index >= 15 is 0 Å². The van der Waals surface area contributed by atoms with E-state index in [1.165, 1.54) is 5.56 Å². The second-order valence-electron chi connectivity index (χ2n) is 10.3. The van der Waals surface area contributed by atoms with Crippen molar-refractivity contribution in [3.8, 4) is 0 Å². The fourth-order valence-electron chi connectivity index (χ4n) is 2.46. The number of rotatable bonds is 10. The highest BCUT2D eigenvalue weighted by molar-refractivity contribution is 5.94. The van der Waals surface area contributed by atoms with Gasteiger partial charge in [-0.2, -0.15) is 0 Å². The number of nitrogens with one attached hydrogen (secondary N) is 1. The van der Waals surface area contributed by atoms with Gasteiger partial charge in [-0.05, 0) is 64.2 Å². The summed E-state index contributed by atoms with van der Waals surface area (Å²) < 4.78 is 5.46. The maximum atomic E-state index is 12.0. The van der Waals surface area contributed by atoms with Gasteiger partial charge >= 0.3 is 0 Å². The number of primary amides is 1. The molecule has 1 aromatic carbocycles. The van der Waals surface area contributed by atoms with E-state index in [0.29, 0.717) is 18.9 Å². The molecule has 1 aromatic rings. The third-order valence-electron chi connectivity index (χ3n) is 5.14. The second-order valence-corrected chi connectivity index (χ2v) is 10.3. The van der Waals surface area contributed by atoms with Crippen molar-refractivity contribution < 1.29 is 19.4 Å². The van der Waals surface area contributed by atoms with Crippen LogP contribution in [0.3, 0.4) is 0 Å². The first-order valence-electron chi connectivity index (χ1n) is 11.0. The Hall–Kier alpha value is -1.92. The van der Waals surface area contributed by atoms with Gasteiger partial charge in [0.2, 0.25) is 11.8 Å². The molecule has 0 aliphatic carbocycles. The van der Waals surface area contributed by atoms with E-state index in [4.69, 9.17) is 10.5 Å². The van der Waals surface area contributed by atoms with E-state index in [2.05, 4.69) is 31.3 Å². The predicted octanol–water partition coefficient (Wildman–Crippen LogP) is 5.00. The topological polar surface area (TPSA) is 102 Å². The van der Waals surface area contributed by atoms with Gasteiger partial charge in [0.15, 0.2) is 0 Å². The first-order chi connectivity index (χ1) is 14.0. The molecular formula is C25H44N2O4. The van der Waals surface area contributed by atoms with E-state index in [0.717, 1.165) is 12.1 Å². The van der Waals surface area contributed by atoms with Crippen LogP contribution in [0.1, 0.15) is 93.1 Å². The lowest BCUT2D eigenvalue weighted by Gasteiger charge is -2.26. The Morgan fingerprint density at radius 2 is 1.58 bits per heavy atom. The van der Waals surface area contributed by atoms with Crippen molar-refractivity contribution in [1.82, 2.24) is 0 Å². The molecule has 0 radical (unpaired) electrons. The van der Waals surface area contributed by atoms with E-state index < -0.39 is 11.2 Å². The molecule has 0 atom stereocenters. The minimum Gasteiger partial charge on any atom is -0.390 e. The highest BCUT2D eigenvalue weighted by atomic mass is 16.5. The molecule has 0 bridgehead atoms. The molecule has 0 spiro atoms. The summed E-state index contributed by atoms with van der Waals surface area (Å²) in [5.41, 5.74) is 5.65. The molecule has 2 amide bonds. The smallest absolute Gasteiger partial charge is 0.230 e. The average Bonchev–Trinajstić information content (AvgIpc) is 2.60. The van der Waals surface area contributed by atoms with E-state index in [-0.39, 0.29) is 23.7 Å². The summed E-state index contributed by atoms with van der Waals surface area (Å²) in [5.74, 6) is 0.224. The molecule has 0 aliphatic rings. The Morgan fingerprint density at radius 1 is 1.06 bits per heavy atom. The number of amides is 2. The third-order valence-corrected chi connectivity index (χ3v) is 5.14. The maximum absolute atomic E-state index is 12.0. The van der Waals surface area contributed by atoms with Crippen molar-refractivity contribution in [2.24, 2.45) is 11.1 Å². The first-order valence-corrected chi connectivity index (χ1v) is 11.0. The molecule has 0 fully saturated rings. The van der Waals surface area contributed by atoms with Gasteiger partial charge in [-0.25, -0.2) is 0 Å². The summed E-state index contributed by atoms with van der Waals surface area (Å²) >= 11 is 0. The van der Waals surface area contributed by atoms with Crippen LogP contribution in [0.2, 0.25) is 0 Å². The number of anilines is 1. The molecule has 6 heteroatoms. The van der Waals surface area contributed by atoms with E-state index in [9.17, 15) is 14.7 Å². The van der Waals surface area contributed by atoms with Gasteiger partial charge in [0.1, 0.15) is 0 Å². The van der Waals surface area contributed by atoms with E-state index in [1.54, 1.807) is 13.8 Å². The van der Waals surface area contributed by atoms with Crippen LogP contribution in [0.15, 0.2) is 24.3 Å². The van der Waals surface area contributed by atoms with Gasteiger partial charge in [0.05, 0.1) is 24.2 Å². The van der Waals surface area contributed by atoms with Crippen LogP contribution in [0.4, 0.5) is 5.69 Å². The van der Waals surface area contributed by atoms with Crippen LogP contribution < -0.4 is 11.1 Å². The highest BCUT2D eigenvalue weighted by Crippen LogP contribution is 2.23. The quantitative estimate of drug-likeness (QED) is 0.480. The van der Waals surface area contributed by atoms with Gasteiger partial charge in [-0.15, -0.1) is 0 Å². The Morgan fingerprint density at radius 3 is 1.97 bits per heavy atom. The Bertz CT molecular complexity index is 686. The largest absolute Gasteiger partial charge is 0.390 e. The Labute approximate surface area is 188 Å². The van der Waals surface area contributed by atoms with Gasteiger partial charge < -0.3 is 20.9 Å². The van der Waals surface area contributed by atoms with Crippen molar-refractivity contribution in [3.63, 3.8) is 0 Å². The molecule has 0 heterocycles. The molecule has 0 unspecified atom stereocenters. The van der Waals surface area contributed by atoms with Crippen molar-refractivity contribution in [1.29, 1.82) is 0 Å². The van der Waals surface area contributed by atoms with Crippen LogP contribution in [0.25, 0.3) is 0 Å². The number of ether oxygens (including phenoxy) is 1. The minimum atomic E-state index is -0.733. The van der Waals surface area contributed by atoms with Crippen molar-refractivity contribution in [3.05, 3.63) is 29.8 Å². The third kappa shape index (κ3) is 13.2. The summed E-state index contributed by atoms with van der Waals surface area (Å²) in [7, 11) is 0. The van der Waals surface area contributed by atoms with Gasteiger partial charge in [0, 0.05) is 11.1 Å². The van der Waals surface area contributed by atoms with Gasteiger partial charge in [0.25, 0.3) is 0 Å². The lowest BCUT2D eigenvalue weighted by atomic mass is 9.89. The number of carbonyl (C=O) groups is 2. The standard InChI is InChI=1S/C15H23NO.C10H21NO3/c1-6-15(4,5)14(17)16-13-9-7-12(8-10-13)11(2)3;1-9(2,13)5-6-14-10(3,4)7-8(11)12/h7-11H,6H2,1-5H3,(H,16,17);13H,5-7H2,1-4H3,(H2,11,12). The predicted molar refractivity (Wildman–Crippen MR) is 128 cm³/mol. The molecule has 0 aliphatic heterocycles. The number of hydrogen-bond donors (Lipinski definition) is 3. The zero-order valence-corrected chi connectivity index (χ0v) is 21.0. The van der Waals surface area contributed by atoms with Gasteiger partial charge in [-0.3, -0.25) is 9.59 Å². The average molecular weight is 437 g/mol. The number of aliphatic hydroxyl groups is 1. The molecule has 31 heavy (non-hydrogen) atoms. The summed E-state index contributed by atoms with van der Waals surface area (Å²) in [6.07, 6.45) is 1.57. The minimum absolute atomic E-state index is 0.0808. The Balaban J connectivity index is 0.000000594. The summed E-state index contributed by atoms with van der Waals surface area (Å²) in [5, 5.41) is 12.4. The molecule has 1 rings (SSSR count). The second kappa shape index (κ2) is 12.2. The van der Waals surface area contributed by atoms with Crippen LogP contribution in [0.5, 0.6) is 0 Å². The summed E-state index contributed by atoms with van der Waals surface area (Å²) in [4.78, 5) is 22.6. The number of hydrogen-bond acceptors (Lipinski definition) is 4. The van der Waals surface area contributed by atoms with Crippen molar-refractivity contribution >= 4 is 17.5 Å². The van der Waals surface area contributed by atoms with Crippen molar-refractivity contribution in [2.75, 3.05) is 11.9 Å². The summed E-state index contributed by atoms with van der Waals surface area (Å²) in [6.45, 7) is 17.8. The Kier molecular flexibility index (Phi) is 11.4. The number of benzene rings is 1. The fraction of sp³-hybridized carbons (Fsp3) is 0.680. The number of carbonyl (C=O) groups excluding carboxylic acids is 2. The summed E-state index contributed by atoms with van der Waals surface area (Å²) in [6, 6.07) is 8.08. The molecule has 0 saturated heterocycles. The first kappa shape index (κ1) is 29.1. The van der Waals surface area contributed by atoms with Gasteiger partial charge in [-0.1, -0.05) is 46.8 Å².